The predicted octanol–water partition coefficient (Wildman–Crippen LogP) is 1.80. The lowest BCUT2D eigenvalue weighted by Crippen LogP contribution is -2.46. The summed E-state index contributed by atoms with van der Waals surface area (Å²) in [5.74, 6) is 0.669. The van der Waals surface area contributed by atoms with E-state index in [-0.39, 0.29) is 11.9 Å². The molecule has 0 spiro atoms. The van der Waals surface area contributed by atoms with E-state index in [1.54, 1.807) is 4.31 Å². The zero-order chi connectivity index (χ0) is 15.3. The molecular weight excluding hydrogens is 308 g/mol. The highest BCUT2D eigenvalue weighted by molar-refractivity contribution is 8.00. The van der Waals surface area contributed by atoms with E-state index in [4.69, 9.17) is 10.5 Å². The van der Waals surface area contributed by atoms with Gasteiger partial charge in [-0.3, -0.25) is 0 Å². The Bertz CT molecular complexity index is 563. The van der Waals surface area contributed by atoms with E-state index in [0.29, 0.717) is 31.1 Å². The molecule has 5 nitrogen and oxygen atoms in total. The van der Waals surface area contributed by atoms with Gasteiger partial charge in [-0.15, -0.1) is 11.8 Å². The lowest BCUT2D eigenvalue weighted by atomic mass is 10.2. The molecule has 118 valence electrons. The van der Waals surface area contributed by atoms with Crippen molar-refractivity contribution in [3.8, 4) is 0 Å². The molecule has 1 aromatic rings. The molecule has 21 heavy (non-hydrogen) atoms. The SMILES string of the molecule is CCC1CN(S(=O)(=O)CCSc2cccc(N)c2)CCO1. The lowest BCUT2D eigenvalue weighted by Gasteiger charge is -2.31. The summed E-state index contributed by atoms with van der Waals surface area (Å²) in [6.45, 7) is 3.43. The number of anilines is 1. The number of nitrogens with two attached hydrogens (primary N) is 1. The van der Waals surface area contributed by atoms with E-state index >= 15 is 0 Å². The fraction of sp³-hybridized carbons (Fsp3) is 0.571. The van der Waals surface area contributed by atoms with Crippen LogP contribution >= 0.6 is 11.8 Å². The summed E-state index contributed by atoms with van der Waals surface area (Å²) in [6, 6.07) is 7.49. The van der Waals surface area contributed by atoms with Crippen molar-refractivity contribution < 1.29 is 13.2 Å². The van der Waals surface area contributed by atoms with E-state index in [0.717, 1.165) is 11.3 Å². The fourth-order valence-electron chi connectivity index (χ4n) is 2.19. The highest BCUT2D eigenvalue weighted by Gasteiger charge is 2.28. The summed E-state index contributed by atoms with van der Waals surface area (Å²) < 4.78 is 31.7. The number of rotatable bonds is 6. The van der Waals surface area contributed by atoms with Crippen LogP contribution in [0.15, 0.2) is 29.2 Å². The van der Waals surface area contributed by atoms with Crippen molar-refractivity contribution in [1.29, 1.82) is 0 Å². The summed E-state index contributed by atoms with van der Waals surface area (Å²) >= 11 is 1.51. The first kappa shape index (κ1) is 16.6. The second-order valence-electron chi connectivity index (χ2n) is 5.00. The third-order valence-corrected chi connectivity index (χ3v) is 6.51. The van der Waals surface area contributed by atoms with Crippen molar-refractivity contribution in [3.05, 3.63) is 24.3 Å². The molecule has 1 aromatic carbocycles. The van der Waals surface area contributed by atoms with E-state index in [9.17, 15) is 8.42 Å². The molecule has 1 fully saturated rings. The van der Waals surface area contributed by atoms with Gasteiger partial charge >= 0.3 is 0 Å². The van der Waals surface area contributed by atoms with E-state index in [2.05, 4.69) is 0 Å². The van der Waals surface area contributed by atoms with Crippen molar-refractivity contribution >= 4 is 27.5 Å². The molecule has 7 heteroatoms. The van der Waals surface area contributed by atoms with E-state index in [1.807, 2.05) is 31.2 Å². The Morgan fingerprint density at radius 1 is 1.48 bits per heavy atom. The summed E-state index contributed by atoms with van der Waals surface area (Å²) in [6.07, 6.45) is 0.861. The maximum Gasteiger partial charge on any atom is 0.215 e. The number of thioether (sulfide) groups is 1. The smallest absolute Gasteiger partial charge is 0.215 e. The van der Waals surface area contributed by atoms with Crippen LogP contribution in [0.1, 0.15) is 13.3 Å². The van der Waals surface area contributed by atoms with Crippen LogP contribution in [0.2, 0.25) is 0 Å². The number of nitrogens with zero attached hydrogens (tertiary/aromatic N) is 1. The van der Waals surface area contributed by atoms with Crippen LogP contribution in [-0.4, -0.2) is 50.0 Å². The van der Waals surface area contributed by atoms with Crippen molar-refractivity contribution in [3.63, 3.8) is 0 Å². The molecule has 1 aliphatic rings. The molecule has 1 unspecified atom stereocenters. The molecule has 2 rings (SSSR count). The molecule has 1 heterocycles. The van der Waals surface area contributed by atoms with Crippen molar-refractivity contribution in [2.24, 2.45) is 0 Å². The van der Waals surface area contributed by atoms with Gasteiger partial charge in [0, 0.05) is 29.4 Å². The molecule has 0 bridgehead atoms. The second kappa shape index (κ2) is 7.49. The summed E-state index contributed by atoms with van der Waals surface area (Å²) in [5, 5.41) is 0. The van der Waals surface area contributed by atoms with Gasteiger partial charge in [0.05, 0.1) is 18.5 Å². The van der Waals surface area contributed by atoms with Crippen LogP contribution in [-0.2, 0) is 14.8 Å². The molecule has 1 saturated heterocycles. The van der Waals surface area contributed by atoms with Gasteiger partial charge < -0.3 is 10.5 Å². The zero-order valence-corrected chi connectivity index (χ0v) is 13.8. The number of ether oxygens (including phenoxy) is 1. The maximum atomic E-state index is 12.3. The van der Waals surface area contributed by atoms with Crippen LogP contribution in [0.5, 0.6) is 0 Å². The monoisotopic (exact) mass is 330 g/mol. The van der Waals surface area contributed by atoms with Gasteiger partial charge in [-0.05, 0) is 24.6 Å². The average Bonchev–Trinajstić information content (AvgIpc) is 2.47. The molecule has 0 radical (unpaired) electrons. The quantitative estimate of drug-likeness (QED) is 0.636. The maximum absolute atomic E-state index is 12.3. The van der Waals surface area contributed by atoms with Gasteiger partial charge in [0.2, 0.25) is 10.0 Å². The van der Waals surface area contributed by atoms with Crippen LogP contribution in [0.4, 0.5) is 5.69 Å². The minimum absolute atomic E-state index is 0.0232. The zero-order valence-electron chi connectivity index (χ0n) is 12.2. The van der Waals surface area contributed by atoms with Crippen LogP contribution < -0.4 is 5.73 Å². The van der Waals surface area contributed by atoms with Crippen molar-refractivity contribution in [2.75, 3.05) is 36.9 Å². The Balaban J connectivity index is 1.86. The van der Waals surface area contributed by atoms with Crippen molar-refractivity contribution in [1.82, 2.24) is 4.31 Å². The molecule has 2 N–H and O–H groups in total. The minimum atomic E-state index is -3.21. The van der Waals surface area contributed by atoms with Gasteiger partial charge in [-0.25, -0.2) is 8.42 Å². The lowest BCUT2D eigenvalue weighted by molar-refractivity contribution is -0.00271. The van der Waals surface area contributed by atoms with Crippen LogP contribution in [0.25, 0.3) is 0 Å². The molecule has 0 amide bonds. The van der Waals surface area contributed by atoms with Gasteiger partial charge in [0.25, 0.3) is 0 Å². The number of morpholine rings is 1. The second-order valence-corrected chi connectivity index (χ2v) is 8.25. The van der Waals surface area contributed by atoms with Gasteiger partial charge in [0.1, 0.15) is 0 Å². The Morgan fingerprint density at radius 3 is 3.00 bits per heavy atom. The third-order valence-electron chi connectivity index (χ3n) is 3.42. The van der Waals surface area contributed by atoms with E-state index < -0.39 is 10.0 Å². The van der Waals surface area contributed by atoms with Gasteiger partial charge in [-0.2, -0.15) is 4.31 Å². The van der Waals surface area contributed by atoms with Crippen molar-refractivity contribution in [2.45, 2.75) is 24.3 Å². The molecule has 0 aromatic heterocycles. The molecule has 0 saturated carbocycles. The average molecular weight is 330 g/mol. The summed E-state index contributed by atoms with van der Waals surface area (Å²) in [4.78, 5) is 0.999. The number of hydrogen-bond donors (Lipinski definition) is 1. The Hall–Kier alpha value is -0.760. The van der Waals surface area contributed by atoms with Crippen LogP contribution in [0.3, 0.4) is 0 Å². The number of sulfonamides is 1. The third kappa shape index (κ3) is 4.88. The Kier molecular flexibility index (Phi) is 5.92. The minimum Gasteiger partial charge on any atom is -0.399 e. The Morgan fingerprint density at radius 2 is 2.29 bits per heavy atom. The van der Waals surface area contributed by atoms with E-state index in [1.165, 1.54) is 11.8 Å². The summed E-state index contributed by atoms with van der Waals surface area (Å²) in [5.41, 5.74) is 6.41. The molecular formula is C14H22N2O3S2. The number of nitrogen functional groups attached to an aromatic ring is 1. The number of benzene rings is 1. The topological polar surface area (TPSA) is 72.6 Å². The van der Waals surface area contributed by atoms with Crippen LogP contribution in [0, 0.1) is 0 Å². The standard InChI is InChI=1S/C14H22N2O3S2/c1-2-13-11-16(6-7-19-13)21(17,18)9-8-20-14-5-3-4-12(15)10-14/h3-5,10,13H,2,6-9,11,15H2,1H3. The first-order valence-corrected chi connectivity index (χ1v) is 9.68. The highest BCUT2D eigenvalue weighted by Crippen LogP contribution is 2.21. The predicted molar refractivity (Wildman–Crippen MR) is 87.0 cm³/mol. The normalized spacial score (nSPS) is 20.5. The number of hydrogen-bond acceptors (Lipinski definition) is 5. The first-order chi connectivity index (χ1) is 10.0. The molecule has 1 aliphatic heterocycles. The highest BCUT2D eigenvalue weighted by atomic mass is 32.2. The largest absolute Gasteiger partial charge is 0.399 e. The fourth-order valence-corrected chi connectivity index (χ4v) is 5.00. The Labute approximate surface area is 130 Å². The van der Waals surface area contributed by atoms with Gasteiger partial charge in [-0.1, -0.05) is 13.0 Å². The molecule has 1 atom stereocenters. The first-order valence-electron chi connectivity index (χ1n) is 7.09. The van der Waals surface area contributed by atoms with Gasteiger partial charge in [0.15, 0.2) is 0 Å². The summed E-state index contributed by atoms with van der Waals surface area (Å²) in [7, 11) is -3.21. The molecule has 0 aliphatic carbocycles.